The van der Waals surface area contributed by atoms with Gasteiger partial charge in [0.05, 0.1) is 11.4 Å². The summed E-state index contributed by atoms with van der Waals surface area (Å²) in [6, 6.07) is 15.2. The Hall–Kier alpha value is -3.34. The third-order valence-corrected chi connectivity index (χ3v) is 3.43. The standard InChI is InChI=1S/C18H15N3O2/c19-16-8-5-13(14-2-1-9-20-11-14)10-17(16)21-18(23)12-3-6-15(22)7-4-12/h1-11,22H,19H2,(H,21,23). The van der Waals surface area contributed by atoms with Crippen LogP contribution in [0.2, 0.25) is 0 Å². The van der Waals surface area contributed by atoms with Crippen LogP contribution in [0, 0.1) is 0 Å². The second-order valence-electron chi connectivity index (χ2n) is 5.04. The smallest absolute Gasteiger partial charge is 0.255 e. The van der Waals surface area contributed by atoms with E-state index in [0.29, 0.717) is 16.9 Å². The Labute approximate surface area is 133 Å². The Morgan fingerprint density at radius 3 is 2.52 bits per heavy atom. The van der Waals surface area contributed by atoms with Crippen LogP contribution in [0.3, 0.4) is 0 Å². The minimum atomic E-state index is -0.292. The number of carbonyl (C=O) groups is 1. The molecular formula is C18H15N3O2. The zero-order valence-electron chi connectivity index (χ0n) is 12.2. The van der Waals surface area contributed by atoms with Gasteiger partial charge in [0.1, 0.15) is 5.75 Å². The van der Waals surface area contributed by atoms with E-state index in [2.05, 4.69) is 10.3 Å². The van der Waals surface area contributed by atoms with E-state index in [1.165, 1.54) is 12.1 Å². The largest absolute Gasteiger partial charge is 0.508 e. The highest BCUT2D eigenvalue weighted by Gasteiger charge is 2.09. The monoisotopic (exact) mass is 305 g/mol. The molecule has 0 saturated carbocycles. The number of phenolic OH excluding ortho intramolecular Hbond substituents is 1. The summed E-state index contributed by atoms with van der Waals surface area (Å²) in [5, 5.41) is 12.1. The number of anilines is 2. The van der Waals surface area contributed by atoms with Crippen molar-refractivity contribution in [2.45, 2.75) is 0 Å². The third kappa shape index (κ3) is 3.29. The molecule has 2 aromatic carbocycles. The molecular weight excluding hydrogens is 290 g/mol. The summed E-state index contributed by atoms with van der Waals surface area (Å²) in [6.07, 6.45) is 3.45. The number of aromatic hydroxyl groups is 1. The molecule has 0 spiro atoms. The van der Waals surface area contributed by atoms with Gasteiger partial charge < -0.3 is 16.2 Å². The first kappa shape index (κ1) is 14.6. The zero-order valence-corrected chi connectivity index (χ0v) is 12.2. The zero-order chi connectivity index (χ0) is 16.2. The van der Waals surface area contributed by atoms with Gasteiger partial charge in [-0.2, -0.15) is 0 Å². The maximum absolute atomic E-state index is 12.3. The molecule has 4 N–H and O–H groups in total. The number of phenols is 1. The van der Waals surface area contributed by atoms with Gasteiger partial charge in [0, 0.05) is 23.5 Å². The lowest BCUT2D eigenvalue weighted by Gasteiger charge is -2.10. The fourth-order valence-electron chi connectivity index (χ4n) is 2.18. The third-order valence-electron chi connectivity index (χ3n) is 3.43. The molecule has 23 heavy (non-hydrogen) atoms. The lowest BCUT2D eigenvalue weighted by molar-refractivity contribution is 0.102. The molecule has 0 radical (unpaired) electrons. The summed E-state index contributed by atoms with van der Waals surface area (Å²) >= 11 is 0. The molecule has 5 heteroatoms. The van der Waals surface area contributed by atoms with Crippen LogP contribution in [0.25, 0.3) is 11.1 Å². The van der Waals surface area contributed by atoms with E-state index >= 15 is 0 Å². The normalized spacial score (nSPS) is 10.3. The van der Waals surface area contributed by atoms with Crippen LogP contribution in [0.15, 0.2) is 67.0 Å². The molecule has 114 valence electrons. The summed E-state index contributed by atoms with van der Waals surface area (Å²) in [5.41, 5.74) is 9.24. The molecule has 0 aliphatic heterocycles. The van der Waals surface area contributed by atoms with E-state index in [4.69, 9.17) is 5.73 Å². The van der Waals surface area contributed by atoms with Crippen LogP contribution in [-0.4, -0.2) is 16.0 Å². The highest BCUT2D eigenvalue weighted by molar-refractivity contribution is 6.06. The van der Waals surface area contributed by atoms with Crippen molar-refractivity contribution in [1.82, 2.24) is 4.98 Å². The van der Waals surface area contributed by atoms with E-state index < -0.39 is 0 Å². The highest BCUT2D eigenvalue weighted by Crippen LogP contribution is 2.27. The van der Waals surface area contributed by atoms with Crippen LogP contribution in [0.5, 0.6) is 5.75 Å². The molecule has 0 aliphatic rings. The number of nitrogens with zero attached hydrogens (tertiary/aromatic N) is 1. The summed E-state index contributed by atoms with van der Waals surface area (Å²) in [4.78, 5) is 16.4. The number of nitrogen functional groups attached to an aromatic ring is 1. The summed E-state index contributed by atoms with van der Waals surface area (Å²) in [5.74, 6) is -0.181. The van der Waals surface area contributed by atoms with Crippen molar-refractivity contribution in [1.29, 1.82) is 0 Å². The van der Waals surface area contributed by atoms with Gasteiger partial charge in [0.25, 0.3) is 5.91 Å². The Bertz CT molecular complexity index is 831. The fourth-order valence-corrected chi connectivity index (χ4v) is 2.18. The molecule has 3 aromatic rings. The molecule has 1 heterocycles. The topological polar surface area (TPSA) is 88.2 Å². The molecule has 0 saturated heterocycles. The number of rotatable bonds is 3. The molecule has 5 nitrogen and oxygen atoms in total. The minimum absolute atomic E-state index is 0.111. The molecule has 1 aromatic heterocycles. The van der Waals surface area contributed by atoms with Crippen LogP contribution < -0.4 is 11.1 Å². The van der Waals surface area contributed by atoms with E-state index in [1.807, 2.05) is 24.3 Å². The van der Waals surface area contributed by atoms with Crippen molar-refractivity contribution in [2.75, 3.05) is 11.1 Å². The number of hydrogen-bond acceptors (Lipinski definition) is 4. The van der Waals surface area contributed by atoms with Gasteiger partial charge in [0.15, 0.2) is 0 Å². The van der Waals surface area contributed by atoms with Crippen molar-refractivity contribution < 1.29 is 9.90 Å². The molecule has 1 amide bonds. The number of pyridine rings is 1. The van der Waals surface area contributed by atoms with Crippen LogP contribution in [0.1, 0.15) is 10.4 Å². The molecule has 0 unspecified atom stereocenters. The van der Waals surface area contributed by atoms with E-state index in [-0.39, 0.29) is 11.7 Å². The average Bonchev–Trinajstić information content (AvgIpc) is 2.58. The van der Waals surface area contributed by atoms with Gasteiger partial charge in [0.2, 0.25) is 0 Å². The fraction of sp³-hybridized carbons (Fsp3) is 0. The molecule has 0 aliphatic carbocycles. The van der Waals surface area contributed by atoms with Gasteiger partial charge in [-0.05, 0) is 48.0 Å². The summed E-state index contributed by atoms with van der Waals surface area (Å²) in [6.45, 7) is 0. The van der Waals surface area contributed by atoms with Crippen molar-refractivity contribution >= 4 is 17.3 Å². The van der Waals surface area contributed by atoms with E-state index in [0.717, 1.165) is 11.1 Å². The number of hydrogen-bond donors (Lipinski definition) is 3. The van der Waals surface area contributed by atoms with Gasteiger partial charge in [-0.25, -0.2) is 0 Å². The summed E-state index contributed by atoms with van der Waals surface area (Å²) < 4.78 is 0. The van der Waals surface area contributed by atoms with Crippen LogP contribution >= 0.6 is 0 Å². The van der Waals surface area contributed by atoms with Gasteiger partial charge in [-0.15, -0.1) is 0 Å². The first-order valence-corrected chi connectivity index (χ1v) is 7.04. The number of nitrogens with one attached hydrogen (secondary N) is 1. The van der Waals surface area contributed by atoms with Crippen molar-refractivity contribution in [3.63, 3.8) is 0 Å². The van der Waals surface area contributed by atoms with Crippen LogP contribution in [-0.2, 0) is 0 Å². The number of aromatic nitrogens is 1. The van der Waals surface area contributed by atoms with Gasteiger partial charge >= 0.3 is 0 Å². The quantitative estimate of drug-likeness (QED) is 0.648. The van der Waals surface area contributed by atoms with Gasteiger partial charge in [-0.1, -0.05) is 12.1 Å². The lowest BCUT2D eigenvalue weighted by atomic mass is 10.1. The first-order valence-electron chi connectivity index (χ1n) is 7.04. The highest BCUT2D eigenvalue weighted by atomic mass is 16.3. The average molecular weight is 305 g/mol. The first-order chi connectivity index (χ1) is 11.1. The summed E-state index contributed by atoms with van der Waals surface area (Å²) in [7, 11) is 0. The molecule has 0 fully saturated rings. The van der Waals surface area contributed by atoms with E-state index in [9.17, 15) is 9.90 Å². The second-order valence-corrected chi connectivity index (χ2v) is 5.04. The number of nitrogens with two attached hydrogens (primary N) is 1. The predicted molar refractivity (Wildman–Crippen MR) is 90.1 cm³/mol. The molecule has 3 rings (SSSR count). The predicted octanol–water partition coefficient (Wildman–Crippen LogP) is 3.29. The van der Waals surface area contributed by atoms with Gasteiger partial charge in [-0.3, -0.25) is 9.78 Å². The SMILES string of the molecule is Nc1ccc(-c2cccnc2)cc1NC(=O)c1ccc(O)cc1. The maximum Gasteiger partial charge on any atom is 0.255 e. The minimum Gasteiger partial charge on any atom is -0.508 e. The second kappa shape index (κ2) is 6.19. The Balaban J connectivity index is 1.88. The number of carbonyl (C=O) groups excluding carboxylic acids is 1. The number of benzene rings is 2. The van der Waals surface area contributed by atoms with Crippen molar-refractivity contribution in [3.8, 4) is 16.9 Å². The van der Waals surface area contributed by atoms with Crippen LogP contribution in [0.4, 0.5) is 11.4 Å². The molecule has 0 bridgehead atoms. The lowest BCUT2D eigenvalue weighted by Crippen LogP contribution is -2.13. The Morgan fingerprint density at radius 1 is 1.04 bits per heavy atom. The number of amides is 1. The maximum atomic E-state index is 12.3. The van der Waals surface area contributed by atoms with Crippen molar-refractivity contribution in [3.05, 3.63) is 72.6 Å². The Morgan fingerprint density at radius 2 is 1.83 bits per heavy atom. The van der Waals surface area contributed by atoms with E-state index in [1.54, 1.807) is 30.6 Å². The molecule has 0 atom stereocenters. The Kier molecular flexibility index (Phi) is 3.93. The van der Waals surface area contributed by atoms with Crippen molar-refractivity contribution in [2.24, 2.45) is 0 Å².